The molecule has 1 N–H and O–H groups in total. The minimum Gasteiger partial charge on any atom is -0.355 e. The molecule has 4 nitrogen and oxygen atoms in total. The average Bonchev–Trinajstić information content (AvgIpc) is 3.39. The van der Waals surface area contributed by atoms with E-state index < -0.39 is 0 Å². The van der Waals surface area contributed by atoms with Gasteiger partial charge in [-0.2, -0.15) is 0 Å². The summed E-state index contributed by atoms with van der Waals surface area (Å²) in [5, 5.41) is 3.82. The molecule has 0 aliphatic heterocycles. The zero-order chi connectivity index (χ0) is 18.1. The Kier molecular flexibility index (Phi) is 4.45. The van der Waals surface area contributed by atoms with Crippen LogP contribution in [0.3, 0.4) is 0 Å². The van der Waals surface area contributed by atoms with Gasteiger partial charge in [-0.15, -0.1) is 0 Å². The van der Waals surface area contributed by atoms with E-state index in [9.17, 15) is 4.79 Å². The third-order valence-corrected chi connectivity index (χ3v) is 5.52. The maximum Gasteiger partial charge on any atom is 0.230 e. The van der Waals surface area contributed by atoms with Crippen molar-refractivity contribution in [3.05, 3.63) is 64.9 Å². The molecule has 5 heteroatoms. The molecule has 134 valence electrons. The van der Waals surface area contributed by atoms with Crippen LogP contribution in [0.5, 0.6) is 0 Å². The van der Waals surface area contributed by atoms with Crippen molar-refractivity contribution in [2.24, 2.45) is 0 Å². The smallest absolute Gasteiger partial charge is 0.230 e. The fourth-order valence-corrected chi connectivity index (χ4v) is 3.75. The summed E-state index contributed by atoms with van der Waals surface area (Å²) in [6, 6.07) is 15.8. The highest BCUT2D eigenvalue weighted by Crippen LogP contribution is 2.48. The molecule has 1 heterocycles. The first-order valence-corrected chi connectivity index (χ1v) is 9.44. The molecule has 0 saturated heterocycles. The molecule has 1 aliphatic carbocycles. The number of carbonyl (C=O) groups is 1. The molecule has 0 bridgehead atoms. The van der Waals surface area contributed by atoms with Crippen molar-refractivity contribution in [2.45, 2.75) is 38.1 Å². The number of para-hydroxylation sites is 2. The number of nitrogens with zero attached hydrogens (tertiary/aromatic N) is 2. The van der Waals surface area contributed by atoms with E-state index in [4.69, 9.17) is 11.6 Å². The number of aryl methyl sites for hydroxylation is 2. The largest absolute Gasteiger partial charge is 0.355 e. The van der Waals surface area contributed by atoms with Crippen LogP contribution in [-0.4, -0.2) is 22.0 Å². The van der Waals surface area contributed by atoms with Gasteiger partial charge in [0.05, 0.1) is 16.4 Å². The summed E-state index contributed by atoms with van der Waals surface area (Å²) in [6.07, 6.45) is 2.70. The van der Waals surface area contributed by atoms with Crippen LogP contribution in [0.2, 0.25) is 5.02 Å². The van der Waals surface area contributed by atoms with Crippen molar-refractivity contribution in [3.8, 4) is 0 Å². The van der Waals surface area contributed by atoms with Gasteiger partial charge in [0.15, 0.2) is 0 Å². The van der Waals surface area contributed by atoms with Gasteiger partial charge >= 0.3 is 0 Å². The number of benzene rings is 2. The van der Waals surface area contributed by atoms with Gasteiger partial charge < -0.3 is 9.88 Å². The molecule has 0 radical (unpaired) electrons. The molecule has 0 spiro atoms. The number of aromatic nitrogens is 2. The predicted molar refractivity (Wildman–Crippen MR) is 104 cm³/mol. The van der Waals surface area contributed by atoms with Crippen LogP contribution in [0.25, 0.3) is 11.0 Å². The summed E-state index contributed by atoms with van der Waals surface area (Å²) < 4.78 is 2.22. The maximum absolute atomic E-state index is 12.7. The first kappa shape index (κ1) is 17.1. The summed E-state index contributed by atoms with van der Waals surface area (Å²) in [6.45, 7) is 3.54. The van der Waals surface area contributed by atoms with Crippen LogP contribution in [-0.2, 0) is 16.8 Å². The van der Waals surface area contributed by atoms with Crippen LogP contribution in [0.4, 0.5) is 0 Å². The lowest BCUT2D eigenvalue weighted by molar-refractivity contribution is -0.123. The second-order valence-corrected chi connectivity index (χ2v) is 7.43. The van der Waals surface area contributed by atoms with E-state index in [0.717, 1.165) is 48.2 Å². The van der Waals surface area contributed by atoms with E-state index >= 15 is 0 Å². The zero-order valence-corrected chi connectivity index (χ0v) is 15.6. The summed E-state index contributed by atoms with van der Waals surface area (Å²) in [4.78, 5) is 17.3. The lowest BCUT2D eigenvalue weighted by Gasteiger charge is -2.16. The standard InChI is InChI=1S/C21H22ClN3O/c1-15-24-18-5-2-3-6-19(18)25(15)14-4-13-23-20(26)21(11-12-21)16-7-9-17(22)10-8-16/h2-3,5-10H,4,11-14H2,1H3,(H,23,26). The molecular formula is C21H22ClN3O. The fraction of sp³-hybridized carbons (Fsp3) is 0.333. The fourth-order valence-electron chi connectivity index (χ4n) is 3.63. The minimum atomic E-state index is -0.345. The number of hydrogen-bond donors (Lipinski definition) is 1. The Morgan fingerprint density at radius 3 is 2.65 bits per heavy atom. The van der Waals surface area contributed by atoms with Crippen molar-refractivity contribution in [1.82, 2.24) is 14.9 Å². The Hall–Kier alpha value is -2.33. The van der Waals surface area contributed by atoms with Gasteiger partial charge in [0, 0.05) is 18.1 Å². The molecule has 0 unspecified atom stereocenters. The molecule has 26 heavy (non-hydrogen) atoms. The highest BCUT2D eigenvalue weighted by molar-refractivity contribution is 6.30. The normalized spacial score (nSPS) is 15.2. The van der Waals surface area contributed by atoms with E-state index in [1.54, 1.807) is 0 Å². The van der Waals surface area contributed by atoms with E-state index in [1.165, 1.54) is 0 Å². The molecule has 1 aliphatic rings. The number of nitrogens with one attached hydrogen (secondary N) is 1. The molecule has 0 atom stereocenters. The van der Waals surface area contributed by atoms with Crippen molar-refractivity contribution in [3.63, 3.8) is 0 Å². The molecule has 3 aromatic rings. The van der Waals surface area contributed by atoms with Crippen molar-refractivity contribution in [1.29, 1.82) is 0 Å². The van der Waals surface area contributed by atoms with Crippen molar-refractivity contribution >= 4 is 28.5 Å². The van der Waals surface area contributed by atoms with Gasteiger partial charge in [-0.1, -0.05) is 35.9 Å². The predicted octanol–water partition coefficient (Wildman–Crippen LogP) is 4.24. The molecule has 1 fully saturated rings. The minimum absolute atomic E-state index is 0.132. The van der Waals surface area contributed by atoms with Crippen LogP contribution in [0.15, 0.2) is 48.5 Å². The first-order chi connectivity index (χ1) is 12.6. The number of rotatable bonds is 6. The third-order valence-electron chi connectivity index (χ3n) is 5.27. The van der Waals surface area contributed by atoms with Gasteiger partial charge in [0.25, 0.3) is 0 Å². The Bertz CT molecular complexity index is 942. The molecular weight excluding hydrogens is 346 g/mol. The molecule has 2 aromatic carbocycles. The zero-order valence-electron chi connectivity index (χ0n) is 14.8. The van der Waals surface area contributed by atoms with Crippen LogP contribution < -0.4 is 5.32 Å². The number of carbonyl (C=O) groups excluding carboxylic acids is 1. The topological polar surface area (TPSA) is 46.9 Å². The highest BCUT2D eigenvalue weighted by atomic mass is 35.5. The average molecular weight is 368 g/mol. The van der Waals surface area contributed by atoms with Gasteiger partial charge in [-0.25, -0.2) is 4.98 Å². The monoisotopic (exact) mass is 367 g/mol. The van der Waals surface area contributed by atoms with E-state index in [-0.39, 0.29) is 11.3 Å². The third kappa shape index (κ3) is 3.10. The number of fused-ring (bicyclic) bond motifs is 1. The second-order valence-electron chi connectivity index (χ2n) is 7.00. The molecule has 4 rings (SSSR count). The van der Waals surface area contributed by atoms with Gasteiger partial charge in [-0.05, 0) is 56.0 Å². The van der Waals surface area contributed by atoms with Crippen molar-refractivity contribution in [2.75, 3.05) is 6.54 Å². The summed E-state index contributed by atoms with van der Waals surface area (Å²) in [5.41, 5.74) is 2.89. The molecule has 1 saturated carbocycles. The van der Waals surface area contributed by atoms with Crippen LogP contribution in [0.1, 0.15) is 30.7 Å². The van der Waals surface area contributed by atoms with E-state index in [0.29, 0.717) is 11.6 Å². The quantitative estimate of drug-likeness (QED) is 0.662. The first-order valence-electron chi connectivity index (χ1n) is 9.06. The Morgan fingerprint density at radius 1 is 1.19 bits per heavy atom. The highest BCUT2D eigenvalue weighted by Gasteiger charge is 2.50. The molecule has 1 aromatic heterocycles. The summed E-state index contributed by atoms with van der Waals surface area (Å²) in [5.74, 6) is 1.14. The number of amides is 1. The van der Waals surface area contributed by atoms with Crippen LogP contribution in [0, 0.1) is 6.92 Å². The second kappa shape index (κ2) is 6.76. The summed E-state index contributed by atoms with van der Waals surface area (Å²) >= 11 is 5.96. The Balaban J connectivity index is 1.35. The van der Waals surface area contributed by atoms with E-state index in [1.807, 2.05) is 49.4 Å². The SMILES string of the molecule is Cc1nc2ccccc2n1CCCNC(=O)C1(c2ccc(Cl)cc2)CC1. The van der Waals surface area contributed by atoms with Gasteiger partial charge in [0.1, 0.15) is 5.82 Å². The lowest BCUT2D eigenvalue weighted by atomic mass is 9.95. The number of imidazole rings is 1. The lowest BCUT2D eigenvalue weighted by Crippen LogP contribution is -2.35. The van der Waals surface area contributed by atoms with Crippen LogP contribution >= 0.6 is 11.6 Å². The van der Waals surface area contributed by atoms with Gasteiger partial charge in [0.2, 0.25) is 5.91 Å². The Labute approximate surface area is 158 Å². The van der Waals surface area contributed by atoms with E-state index in [2.05, 4.69) is 20.9 Å². The maximum atomic E-state index is 12.7. The molecule has 1 amide bonds. The van der Waals surface area contributed by atoms with Crippen molar-refractivity contribution < 1.29 is 4.79 Å². The van der Waals surface area contributed by atoms with Gasteiger partial charge in [-0.3, -0.25) is 4.79 Å². The summed E-state index contributed by atoms with van der Waals surface area (Å²) in [7, 11) is 0. The number of halogens is 1. The number of hydrogen-bond acceptors (Lipinski definition) is 2. The Morgan fingerprint density at radius 2 is 1.92 bits per heavy atom.